The lowest BCUT2D eigenvalue weighted by Gasteiger charge is -2.14. The van der Waals surface area contributed by atoms with Gasteiger partial charge >= 0.3 is 0 Å². The molecule has 1 aromatic heterocycles. The van der Waals surface area contributed by atoms with Crippen LogP contribution in [0.3, 0.4) is 0 Å². The minimum Gasteiger partial charge on any atom is -0.308 e. The summed E-state index contributed by atoms with van der Waals surface area (Å²) in [6.45, 7) is 5.84. The first-order chi connectivity index (χ1) is 7.02. The maximum atomic E-state index is 11.7. The topological polar surface area (TPSA) is 54.9 Å². The molecule has 0 saturated carbocycles. The minimum absolute atomic E-state index is 0.0805. The van der Waals surface area contributed by atoms with E-state index < -0.39 is 0 Å². The fourth-order valence-corrected chi connectivity index (χ4v) is 1.09. The molecule has 0 radical (unpaired) electrons. The molecule has 0 aliphatic heterocycles. The van der Waals surface area contributed by atoms with Crippen LogP contribution in [0.4, 0.5) is 5.82 Å². The number of rotatable bonds is 3. The summed E-state index contributed by atoms with van der Waals surface area (Å²) in [6, 6.07) is 0. The van der Waals surface area contributed by atoms with E-state index in [0.29, 0.717) is 5.82 Å². The molecule has 1 N–H and O–H groups in total. The SMILES string of the molecule is CC(C)C(C)C(=O)Nc1nccnc1Cl. The number of nitrogens with zero attached hydrogens (tertiary/aromatic N) is 2. The molecule has 0 aromatic carbocycles. The molecule has 1 heterocycles. The van der Waals surface area contributed by atoms with Crippen LogP contribution in [-0.4, -0.2) is 15.9 Å². The number of anilines is 1. The molecule has 0 fully saturated rings. The summed E-state index contributed by atoms with van der Waals surface area (Å²) < 4.78 is 0. The number of aromatic nitrogens is 2. The molecule has 15 heavy (non-hydrogen) atoms. The zero-order valence-corrected chi connectivity index (χ0v) is 9.75. The van der Waals surface area contributed by atoms with Crippen molar-refractivity contribution in [3.05, 3.63) is 17.5 Å². The number of carbonyl (C=O) groups is 1. The largest absolute Gasteiger partial charge is 0.308 e. The van der Waals surface area contributed by atoms with Gasteiger partial charge in [0.2, 0.25) is 5.91 Å². The van der Waals surface area contributed by atoms with E-state index in [2.05, 4.69) is 15.3 Å². The maximum absolute atomic E-state index is 11.7. The third kappa shape index (κ3) is 3.16. The Bertz CT molecular complexity index is 354. The van der Waals surface area contributed by atoms with Crippen molar-refractivity contribution in [1.29, 1.82) is 0 Å². The summed E-state index contributed by atoms with van der Waals surface area (Å²) in [4.78, 5) is 19.4. The maximum Gasteiger partial charge on any atom is 0.228 e. The molecule has 0 aliphatic carbocycles. The predicted molar refractivity (Wildman–Crippen MR) is 59.7 cm³/mol. The quantitative estimate of drug-likeness (QED) is 0.863. The summed E-state index contributed by atoms with van der Waals surface area (Å²) in [7, 11) is 0. The van der Waals surface area contributed by atoms with Gasteiger partial charge in [0.15, 0.2) is 11.0 Å². The van der Waals surface area contributed by atoms with Gasteiger partial charge in [0.05, 0.1) is 0 Å². The van der Waals surface area contributed by atoms with Gasteiger partial charge in [-0.15, -0.1) is 0 Å². The average molecular weight is 228 g/mol. The van der Waals surface area contributed by atoms with Crippen LogP contribution in [0.2, 0.25) is 5.15 Å². The van der Waals surface area contributed by atoms with Gasteiger partial charge in [0.25, 0.3) is 0 Å². The molecule has 0 aliphatic rings. The second kappa shape index (κ2) is 5.07. The Balaban J connectivity index is 2.71. The summed E-state index contributed by atoms with van der Waals surface area (Å²) >= 11 is 5.76. The normalized spacial score (nSPS) is 12.6. The Labute approximate surface area is 94.1 Å². The van der Waals surface area contributed by atoms with Gasteiger partial charge in [0.1, 0.15) is 0 Å². The highest BCUT2D eigenvalue weighted by Gasteiger charge is 2.18. The van der Waals surface area contributed by atoms with Crippen LogP contribution >= 0.6 is 11.6 Å². The van der Waals surface area contributed by atoms with Crippen molar-refractivity contribution in [3.8, 4) is 0 Å². The Morgan fingerprint density at radius 1 is 1.33 bits per heavy atom. The zero-order chi connectivity index (χ0) is 11.4. The molecule has 1 atom stereocenters. The summed E-state index contributed by atoms with van der Waals surface area (Å²) in [6.07, 6.45) is 2.96. The molecule has 5 heteroatoms. The van der Waals surface area contributed by atoms with Crippen molar-refractivity contribution in [2.75, 3.05) is 5.32 Å². The van der Waals surface area contributed by atoms with E-state index in [9.17, 15) is 4.79 Å². The lowest BCUT2D eigenvalue weighted by atomic mass is 9.97. The minimum atomic E-state index is -0.0904. The van der Waals surface area contributed by atoms with Crippen LogP contribution in [0, 0.1) is 11.8 Å². The van der Waals surface area contributed by atoms with Crippen LogP contribution < -0.4 is 5.32 Å². The lowest BCUT2D eigenvalue weighted by molar-refractivity contribution is -0.120. The zero-order valence-electron chi connectivity index (χ0n) is 8.99. The predicted octanol–water partition coefficient (Wildman–Crippen LogP) is 2.36. The molecule has 4 nitrogen and oxygen atoms in total. The van der Waals surface area contributed by atoms with Gasteiger partial charge in [-0.05, 0) is 5.92 Å². The van der Waals surface area contributed by atoms with Gasteiger partial charge in [0, 0.05) is 18.3 Å². The van der Waals surface area contributed by atoms with E-state index in [4.69, 9.17) is 11.6 Å². The number of hydrogen-bond acceptors (Lipinski definition) is 3. The molecule has 0 spiro atoms. The first kappa shape index (κ1) is 11.9. The smallest absolute Gasteiger partial charge is 0.228 e. The van der Waals surface area contributed by atoms with Crippen LogP contribution in [0.25, 0.3) is 0 Å². The second-order valence-corrected chi connectivity index (χ2v) is 4.08. The third-order valence-electron chi connectivity index (χ3n) is 2.31. The highest BCUT2D eigenvalue weighted by molar-refractivity contribution is 6.32. The average Bonchev–Trinajstić information content (AvgIpc) is 2.20. The number of halogens is 1. The van der Waals surface area contributed by atoms with E-state index in [1.54, 1.807) is 0 Å². The fourth-order valence-electron chi connectivity index (χ4n) is 0.938. The Hall–Kier alpha value is -1.16. The van der Waals surface area contributed by atoms with Crippen molar-refractivity contribution in [1.82, 2.24) is 9.97 Å². The van der Waals surface area contributed by atoms with Crippen molar-refractivity contribution in [2.45, 2.75) is 20.8 Å². The number of carbonyl (C=O) groups excluding carboxylic acids is 1. The van der Waals surface area contributed by atoms with Crippen molar-refractivity contribution in [2.24, 2.45) is 11.8 Å². The standard InChI is InChI=1S/C10H14ClN3O/c1-6(2)7(3)10(15)14-9-8(11)12-4-5-13-9/h4-7H,1-3H3,(H,13,14,15). The number of hydrogen-bond donors (Lipinski definition) is 1. The van der Waals surface area contributed by atoms with E-state index in [1.165, 1.54) is 12.4 Å². The van der Waals surface area contributed by atoms with E-state index >= 15 is 0 Å². The molecule has 1 unspecified atom stereocenters. The molecule has 0 saturated heterocycles. The first-order valence-corrected chi connectivity index (χ1v) is 5.17. The first-order valence-electron chi connectivity index (χ1n) is 4.79. The van der Waals surface area contributed by atoms with Gasteiger partial charge in [-0.25, -0.2) is 9.97 Å². The van der Waals surface area contributed by atoms with Crippen LogP contribution in [0.15, 0.2) is 12.4 Å². The molecule has 82 valence electrons. The van der Waals surface area contributed by atoms with Crippen LogP contribution in [0.5, 0.6) is 0 Å². The second-order valence-electron chi connectivity index (χ2n) is 3.72. The molecule has 0 bridgehead atoms. The highest BCUT2D eigenvalue weighted by atomic mass is 35.5. The number of nitrogens with one attached hydrogen (secondary N) is 1. The monoisotopic (exact) mass is 227 g/mol. The molecular weight excluding hydrogens is 214 g/mol. The number of amides is 1. The van der Waals surface area contributed by atoms with Gasteiger partial charge in [-0.1, -0.05) is 32.4 Å². The van der Waals surface area contributed by atoms with Crippen molar-refractivity contribution in [3.63, 3.8) is 0 Å². The Kier molecular flexibility index (Phi) is 4.03. The van der Waals surface area contributed by atoms with Crippen LogP contribution in [-0.2, 0) is 4.79 Å². The molecule has 1 aromatic rings. The molecule has 1 rings (SSSR count). The van der Waals surface area contributed by atoms with E-state index in [-0.39, 0.29) is 22.9 Å². The summed E-state index contributed by atoms with van der Waals surface area (Å²) in [5.74, 6) is 0.424. The molecular formula is C10H14ClN3O. The van der Waals surface area contributed by atoms with Crippen LogP contribution in [0.1, 0.15) is 20.8 Å². The lowest BCUT2D eigenvalue weighted by Crippen LogP contribution is -2.25. The molecule has 1 amide bonds. The van der Waals surface area contributed by atoms with Gasteiger partial charge in [-0.3, -0.25) is 4.79 Å². The van der Waals surface area contributed by atoms with E-state index in [1.807, 2.05) is 20.8 Å². The van der Waals surface area contributed by atoms with Crippen molar-refractivity contribution >= 4 is 23.3 Å². The van der Waals surface area contributed by atoms with Crippen molar-refractivity contribution < 1.29 is 4.79 Å². The Morgan fingerprint density at radius 2 is 1.93 bits per heavy atom. The van der Waals surface area contributed by atoms with Gasteiger partial charge in [-0.2, -0.15) is 0 Å². The third-order valence-corrected chi connectivity index (χ3v) is 2.59. The highest BCUT2D eigenvalue weighted by Crippen LogP contribution is 2.17. The van der Waals surface area contributed by atoms with Gasteiger partial charge < -0.3 is 5.32 Å². The summed E-state index contributed by atoms with van der Waals surface area (Å²) in [5.41, 5.74) is 0. The van der Waals surface area contributed by atoms with E-state index in [0.717, 1.165) is 0 Å². The Morgan fingerprint density at radius 3 is 2.47 bits per heavy atom. The summed E-state index contributed by atoms with van der Waals surface area (Å²) in [5, 5.41) is 2.86. The fraction of sp³-hybridized carbons (Fsp3) is 0.500.